The summed E-state index contributed by atoms with van der Waals surface area (Å²) < 4.78 is 6.79. The average molecular weight is 257 g/mol. The van der Waals surface area contributed by atoms with Crippen molar-refractivity contribution in [1.82, 2.24) is 14.8 Å². The van der Waals surface area contributed by atoms with Gasteiger partial charge in [-0.2, -0.15) is 5.10 Å². The lowest BCUT2D eigenvalue weighted by atomic mass is 10.2. The lowest BCUT2D eigenvalue weighted by Gasteiger charge is -2.08. The third kappa shape index (κ3) is 2.70. The minimum absolute atomic E-state index is 0.329. The number of aromatic nitrogens is 3. The predicted molar refractivity (Wildman–Crippen MR) is 71.2 cm³/mol. The van der Waals surface area contributed by atoms with Crippen LogP contribution in [-0.4, -0.2) is 26.8 Å². The molecule has 0 saturated carbocycles. The van der Waals surface area contributed by atoms with Gasteiger partial charge in [-0.05, 0) is 26.0 Å². The van der Waals surface area contributed by atoms with E-state index in [4.69, 9.17) is 4.74 Å². The molecule has 5 heteroatoms. The van der Waals surface area contributed by atoms with E-state index in [-0.39, 0.29) is 6.10 Å². The van der Waals surface area contributed by atoms with Crippen LogP contribution in [0.3, 0.4) is 0 Å². The SMILES string of the molecule is C=C[C@H](C)OC(=O)c1cnn(-c2ccccn2)c1C. The van der Waals surface area contributed by atoms with E-state index < -0.39 is 5.97 Å². The fraction of sp³-hybridized carbons (Fsp3) is 0.214. The van der Waals surface area contributed by atoms with Crippen LogP contribution in [0.4, 0.5) is 0 Å². The highest BCUT2D eigenvalue weighted by atomic mass is 16.5. The Bertz CT molecular complexity index is 590. The molecule has 0 N–H and O–H groups in total. The van der Waals surface area contributed by atoms with E-state index in [0.29, 0.717) is 17.1 Å². The van der Waals surface area contributed by atoms with Gasteiger partial charge in [-0.1, -0.05) is 18.7 Å². The second-order valence-corrected chi connectivity index (χ2v) is 4.09. The maximum absolute atomic E-state index is 11.9. The van der Waals surface area contributed by atoms with Crippen molar-refractivity contribution in [1.29, 1.82) is 0 Å². The molecule has 0 amide bonds. The minimum atomic E-state index is -0.410. The minimum Gasteiger partial charge on any atom is -0.455 e. The fourth-order valence-corrected chi connectivity index (χ4v) is 1.60. The molecule has 1 atom stereocenters. The monoisotopic (exact) mass is 257 g/mol. The maximum atomic E-state index is 11.9. The fourth-order valence-electron chi connectivity index (χ4n) is 1.60. The standard InChI is InChI=1S/C14H15N3O2/c1-4-10(2)19-14(18)12-9-16-17(11(12)3)13-7-5-6-8-15-13/h4-10H,1H2,2-3H3/t10-/m0/s1. The molecule has 2 aromatic heterocycles. The Morgan fingerprint density at radius 2 is 2.32 bits per heavy atom. The van der Waals surface area contributed by atoms with Crippen LogP contribution in [0.2, 0.25) is 0 Å². The zero-order valence-electron chi connectivity index (χ0n) is 10.9. The summed E-state index contributed by atoms with van der Waals surface area (Å²) in [6, 6.07) is 5.51. The van der Waals surface area contributed by atoms with Crippen molar-refractivity contribution in [2.75, 3.05) is 0 Å². The molecule has 0 aromatic carbocycles. The Morgan fingerprint density at radius 1 is 1.53 bits per heavy atom. The van der Waals surface area contributed by atoms with Gasteiger partial charge in [-0.15, -0.1) is 0 Å². The van der Waals surface area contributed by atoms with E-state index in [1.807, 2.05) is 18.2 Å². The van der Waals surface area contributed by atoms with Crippen molar-refractivity contribution in [2.24, 2.45) is 0 Å². The van der Waals surface area contributed by atoms with Crippen molar-refractivity contribution < 1.29 is 9.53 Å². The summed E-state index contributed by atoms with van der Waals surface area (Å²) in [5, 5.41) is 4.17. The molecule has 2 heterocycles. The van der Waals surface area contributed by atoms with Gasteiger partial charge in [0.1, 0.15) is 11.7 Å². The number of ether oxygens (including phenoxy) is 1. The van der Waals surface area contributed by atoms with Crippen LogP contribution in [-0.2, 0) is 4.74 Å². The zero-order valence-corrected chi connectivity index (χ0v) is 10.9. The van der Waals surface area contributed by atoms with Crippen LogP contribution in [0, 0.1) is 6.92 Å². The van der Waals surface area contributed by atoms with Crippen molar-refractivity contribution in [3.8, 4) is 5.82 Å². The first-order valence-corrected chi connectivity index (χ1v) is 5.93. The highest BCUT2D eigenvalue weighted by molar-refractivity contribution is 5.90. The largest absolute Gasteiger partial charge is 0.455 e. The highest BCUT2D eigenvalue weighted by Gasteiger charge is 2.18. The smallest absolute Gasteiger partial charge is 0.342 e. The molecule has 0 aliphatic heterocycles. The summed E-state index contributed by atoms with van der Waals surface area (Å²) in [5.41, 5.74) is 1.12. The van der Waals surface area contributed by atoms with E-state index >= 15 is 0 Å². The number of carbonyl (C=O) groups is 1. The molecule has 0 aliphatic rings. The Hall–Kier alpha value is -2.43. The van der Waals surface area contributed by atoms with E-state index in [1.54, 1.807) is 30.8 Å². The third-order valence-corrected chi connectivity index (χ3v) is 2.72. The van der Waals surface area contributed by atoms with Crippen LogP contribution >= 0.6 is 0 Å². The van der Waals surface area contributed by atoms with E-state index in [1.165, 1.54) is 6.20 Å². The molecule has 2 aromatic rings. The van der Waals surface area contributed by atoms with Crippen molar-refractivity contribution in [3.63, 3.8) is 0 Å². The normalized spacial score (nSPS) is 11.9. The van der Waals surface area contributed by atoms with E-state index in [0.717, 1.165) is 0 Å². The van der Waals surface area contributed by atoms with Crippen LogP contribution in [0.15, 0.2) is 43.2 Å². The second kappa shape index (κ2) is 5.48. The molecule has 0 saturated heterocycles. The van der Waals surface area contributed by atoms with Gasteiger partial charge in [-0.3, -0.25) is 0 Å². The number of nitrogens with zero attached hydrogens (tertiary/aromatic N) is 3. The number of rotatable bonds is 4. The number of pyridine rings is 1. The molecule has 0 spiro atoms. The highest BCUT2D eigenvalue weighted by Crippen LogP contribution is 2.14. The summed E-state index contributed by atoms with van der Waals surface area (Å²) in [5.74, 6) is 0.253. The Kier molecular flexibility index (Phi) is 3.75. The van der Waals surface area contributed by atoms with Crippen LogP contribution < -0.4 is 0 Å². The first kappa shape index (κ1) is 13.0. The Balaban J connectivity index is 2.28. The lowest BCUT2D eigenvalue weighted by Crippen LogP contribution is -2.13. The molecule has 0 bridgehead atoms. The van der Waals surface area contributed by atoms with Gasteiger partial charge in [0.2, 0.25) is 0 Å². The van der Waals surface area contributed by atoms with E-state index in [2.05, 4.69) is 16.7 Å². The number of esters is 1. The summed E-state index contributed by atoms with van der Waals surface area (Å²) in [4.78, 5) is 16.1. The maximum Gasteiger partial charge on any atom is 0.342 e. The van der Waals surface area contributed by atoms with Crippen LogP contribution in [0.1, 0.15) is 23.0 Å². The molecule has 0 aliphatic carbocycles. The third-order valence-electron chi connectivity index (χ3n) is 2.72. The first-order valence-electron chi connectivity index (χ1n) is 5.93. The molecule has 98 valence electrons. The van der Waals surface area contributed by atoms with Gasteiger partial charge in [-0.25, -0.2) is 14.5 Å². The van der Waals surface area contributed by atoms with E-state index in [9.17, 15) is 4.79 Å². The first-order chi connectivity index (χ1) is 9.13. The van der Waals surface area contributed by atoms with Crippen molar-refractivity contribution >= 4 is 5.97 Å². The quantitative estimate of drug-likeness (QED) is 0.623. The molecule has 0 radical (unpaired) electrons. The summed E-state index contributed by atoms with van der Waals surface area (Å²) in [6.45, 7) is 7.13. The molecule has 5 nitrogen and oxygen atoms in total. The van der Waals surface area contributed by atoms with Crippen molar-refractivity contribution in [3.05, 3.63) is 54.5 Å². The molecular weight excluding hydrogens is 242 g/mol. The van der Waals surface area contributed by atoms with Gasteiger partial charge in [0.05, 0.1) is 11.9 Å². The molecule has 0 unspecified atom stereocenters. The second-order valence-electron chi connectivity index (χ2n) is 4.09. The Morgan fingerprint density at radius 3 is 2.95 bits per heavy atom. The summed E-state index contributed by atoms with van der Waals surface area (Å²) in [7, 11) is 0. The number of hydrogen-bond donors (Lipinski definition) is 0. The van der Waals surface area contributed by atoms with Gasteiger partial charge in [0.15, 0.2) is 5.82 Å². The number of carbonyl (C=O) groups excluding carboxylic acids is 1. The molecule has 19 heavy (non-hydrogen) atoms. The summed E-state index contributed by atoms with van der Waals surface area (Å²) in [6.07, 6.45) is 4.40. The zero-order chi connectivity index (χ0) is 13.8. The van der Waals surface area contributed by atoms with Gasteiger partial charge in [0.25, 0.3) is 0 Å². The lowest BCUT2D eigenvalue weighted by molar-refractivity contribution is 0.0424. The molecular formula is C14H15N3O2. The Labute approximate surface area is 111 Å². The van der Waals surface area contributed by atoms with Gasteiger partial charge >= 0.3 is 5.97 Å². The van der Waals surface area contributed by atoms with Gasteiger partial charge < -0.3 is 4.74 Å². The number of hydrogen-bond acceptors (Lipinski definition) is 4. The van der Waals surface area contributed by atoms with Crippen LogP contribution in [0.25, 0.3) is 5.82 Å². The topological polar surface area (TPSA) is 57.0 Å². The molecule has 2 rings (SSSR count). The predicted octanol–water partition coefficient (Wildman–Crippen LogP) is 2.31. The van der Waals surface area contributed by atoms with Crippen LogP contribution in [0.5, 0.6) is 0 Å². The summed E-state index contributed by atoms with van der Waals surface area (Å²) >= 11 is 0. The average Bonchev–Trinajstić information content (AvgIpc) is 2.81. The van der Waals surface area contributed by atoms with Gasteiger partial charge in [0, 0.05) is 6.20 Å². The van der Waals surface area contributed by atoms with Crippen molar-refractivity contribution in [2.45, 2.75) is 20.0 Å². The molecule has 0 fully saturated rings.